The van der Waals surface area contributed by atoms with Gasteiger partial charge in [0, 0.05) is 6.00 Å². The summed E-state index contributed by atoms with van der Waals surface area (Å²) in [6.07, 6.45) is -0.842. The molecule has 1 saturated heterocycles. The highest BCUT2D eigenvalue weighted by molar-refractivity contribution is 7.46. The molecule has 8 heteroatoms. The zero-order valence-electron chi connectivity index (χ0n) is 7.87. The highest BCUT2D eigenvalue weighted by Gasteiger charge is 2.34. The molecular formula is C6H14BO6P. The largest absolute Gasteiger partial charge is 0.469 e. The monoisotopic (exact) mass is 224 g/mol. The van der Waals surface area contributed by atoms with E-state index in [2.05, 4.69) is 4.52 Å². The summed E-state index contributed by atoms with van der Waals surface area (Å²) in [5.74, 6) is 0. The number of aliphatic hydroxyl groups excluding tert-OH is 1. The first kappa shape index (κ1) is 12.2. The van der Waals surface area contributed by atoms with Crippen molar-refractivity contribution in [3.63, 3.8) is 0 Å². The van der Waals surface area contributed by atoms with Crippen molar-refractivity contribution >= 4 is 15.1 Å². The third-order valence-electron chi connectivity index (χ3n) is 2.16. The van der Waals surface area contributed by atoms with Gasteiger partial charge in [-0.15, -0.1) is 0 Å². The quantitative estimate of drug-likeness (QED) is 0.421. The van der Waals surface area contributed by atoms with Crippen LogP contribution in [0.1, 0.15) is 6.42 Å². The Morgan fingerprint density at radius 3 is 2.71 bits per heavy atom. The second-order valence-corrected chi connectivity index (χ2v) is 4.53. The third kappa shape index (κ3) is 3.69. The van der Waals surface area contributed by atoms with Crippen LogP contribution in [-0.2, 0) is 13.8 Å². The fraction of sp³-hybridized carbons (Fsp3) is 1.00. The Bertz CT molecular complexity index is 230. The second kappa shape index (κ2) is 4.74. The maximum atomic E-state index is 10.4. The van der Waals surface area contributed by atoms with Crippen molar-refractivity contribution in [2.24, 2.45) is 0 Å². The lowest BCUT2D eigenvalue weighted by Gasteiger charge is -2.14. The summed E-state index contributed by atoms with van der Waals surface area (Å²) in [5.41, 5.74) is 0. The molecule has 1 fully saturated rings. The highest BCUT2D eigenvalue weighted by atomic mass is 31.2. The number of phosphoric acid groups is 1. The predicted octanol–water partition coefficient (Wildman–Crippen LogP) is -0.944. The minimum Gasteiger partial charge on any atom is -0.390 e. The molecule has 0 aliphatic carbocycles. The Morgan fingerprint density at radius 2 is 2.29 bits per heavy atom. The summed E-state index contributed by atoms with van der Waals surface area (Å²) < 4.78 is 19.9. The molecule has 1 rings (SSSR count). The van der Waals surface area contributed by atoms with Crippen LogP contribution < -0.4 is 0 Å². The maximum absolute atomic E-state index is 10.4. The number of phosphoric ester groups is 1. The van der Waals surface area contributed by atoms with Crippen LogP contribution >= 0.6 is 7.82 Å². The van der Waals surface area contributed by atoms with Crippen LogP contribution in [-0.4, -0.2) is 47.0 Å². The third-order valence-corrected chi connectivity index (χ3v) is 2.65. The van der Waals surface area contributed by atoms with E-state index < -0.39 is 20.0 Å². The molecule has 1 heterocycles. The first-order chi connectivity index (χ1) is 6.42. The molecule has 82 valence electrons. The van der Waals surface area contributed by atoms with Crippen LogP contribution in [0.4, 0.5) is 0 Å². The molecule has 0 radical (unpaired) electrons. The highest BCUT2D eigenvalue weighted by Crippen LogP contribution is 2.36. The van der Waals surface area contributed by atoms with Crippen molar-refractivity contribution in [1.29, 1.82) is 0 Å². The van der Waals surface area contributed by atoms with Crippen LogP contribution in [0.25, 0.3) is 0 Å². The molecule has 3 atom stereocenters. The zero-order chi connectivity index (χ0) is 10.8. The standard InChI is InChI=1S/C6H14BO6P/c1-7-6-2-4(8)5(13-6)3-12-14(9,10)11/h4-8H,2-3H2,1H3,(H2,9,10,11). The van der Waals surface area contributed by atoms with E-state index in [1.807, 2.05) is 6.82 Å². The maximum Gasteiger partial charge on any atom is 0.469 e. The minimum atomic E-state index is -4.46. The van der Waals surface area contributed by atoms with Crippen molar-refractivity contribution in [1.82, 2.24) is 0 Å². The lowest BCUT2D eigenvalue weighted by molar-refractivity contribution is -0.00477. The van der Waals surface area contributed by atoms with Crippen LogP contribution in [0.5, 0.6) is 0 Å². The second-order valence-electron chi connectivity index (χ2n) is 3.29. The summed E-state index contributed by atoms with van der Waals surface area (Å²) in [6.45, 7) is 1.64. The summed E-state index contributed by atoms with van der Waals surface area (Å²) in [7, 11) is -3.70. The van der Waals surface area contributed by atoms with E-state index in [0.29, 0.717) is 6.42 Å². The van der Waals surface area contributed by atoms with Crippen molar-refractivity contribution < 1.29 is 28.7 Å². The number of rotatable bonds is 4. The average molecular weight is 224 g/mol. The molecule has 3 N–H and O–H groups in total. The van der Waals surface area contributed by atoms with Crippen molar-refractivity contribution in [3.05, 3.63) is 0 Å². The fourth-order valence-corrected chi connectivity index (χ4v) is 1.74. The summed E-state index contributed by atoms with van der Waals surface area (Å²) in [4.78, 5) is 16.9. The van der Waals surface area contributed by atoms with E-state index in [-0.39, 0.29) is 12.6 Å². The molecule has 0 saturated carbocycles. The molecule has 3 unspecified atom stereocenters. The van der Waals surface area contributed by atoms with Gasteiger partial charge in [-0.05, 0) is 6.42 Å². The van der Waals surface area contributed by atoms with Gasteiger partial charge in [-0.1, -0.05) is 6.82 Å². The van der Waals surface area contributed by atoms with Gasteiger partial charge in [0.15, 0.2) is 7.28 Å². The Morgan fingerprint density at radius 1 is 1.64 bits per heavy atom. The van der Waals surface area contributed by atoms with Crippen molar-refractivity contribution in [2.75, 3.05) is 6.61 Å². The summed E-state index contributed by atoms with van der Waals surface area (Å²) in [5, 5.41) is 9.43. The van der Waals surface area contributed by atoms with Crippen molar-refractivity contribution in [2.45, 2.75) is 31.5 Å². The molecule has 0 aromatic carbocycles. The number of aliphatic hydroxyl groups is 1. The van der Waals surface area contributed by atoms with Gasteiger partial charge < -0.3 is 19.6 Å². The van der Waals surface area contributed by atoms with Gasteiger partial charge in [-0.3, -0.25) is 4.52 Å². The van der Waals surface area contributed by atoms with E-state index in [4.69, 9.17) is 14.5 Å². The molecule has 6 nitrogen and oxygen atoms in total. The molecular weight excluding hydrogens is 210 g/mol. The molecule has 0 amide bonds. The first-order valence-corrected chi connectivity index (χ1v) is 5.99. The molecule has 0 bridgehead atoms. The predicted molar refractivity (Wildman–Crippen MR) is 50.3 cm³/mol. The topological polar surface area (TPSA) is 96.2 Å². The van der Waals surface area contributed by atoms with Crippen molar-refractivity contribution in [3.8, 4) is 0 Å². The first-order valence-electron chi connectivity index (χ1n) is 4.46. The Balaban J connectivity index is 2.35. The Hall–Kier alpha value is 0.0949. The van der Waals surface area contributed by atoms with E-state index in [9.17, 15) is 9.67 Å². The van der Waals surface area contributed by atoms with Crippen LogP contribution in [0.15, 0.2) is 0 Å². The molecule has 1 aliphatic heterocycles. The minimum absolute atomic E-state index is 0.0460. The Labute approximate surface area is 82.7 Å². The molecule has 0 spiro atoms. The summed E-state index contributed by atoms with van der Waals surface area (Å²) in [6, 6.07) is -0.0460. The number of hydrogen-bond donors (Lipinski definition) is 3. The van der Waals surface area contributed by atoms with Crippen LogP contribution in [0.3, 0.4) is 0 Å². The van der Waals surface area contributed by atoms with Gasteiger partial charge in [0.05, 0.1) is 12.7 Å². The Kier molecular flexibility index (Phi) is 4.12. The van der Waals surface area contributed by atoms with Gasteiger partial charge in [-0.2, -0.15) is 0 Å². The van der Waals surface area contributed by atoms with Gasteiger partial charge in [-0.25, -0.2) is 4.57 Å². The molecule has 14 heavy (non-hydrogen) atoms. The molecule has 1 aliphatic rings. The number of hydrogen-bond acceptors (Lipinski definition) is 4. The smallest absolute Gasteiger partial charge is 0.390 e. The van der Waals surface area contributed by atoms with E-state index in [1.165, 1.54) is 0 Å². The normalized spacial score (nSPS) is 33.3. The SMILES string of the molecule is CBC1CC(O)C(COP(=O)(O)O)O1. The van der Waals surface area contributed by atoms with E-state index in [0.717, 1.165) is 7.28 Å². The van der Waals surface area contributed by atoms with Gasteiger partial charge in [0.2, 0.25) is 0 Å². The summed E-state index contributed by atoms with van der Waals surface area (Å²) >= 11 is 0. The molecule has 0 aromatic rings. The van der Waals surface area contributed by atoms with E-state index in [1.54, 1.807) is 0 Å². The lowest BCUT2D eigenvalue weighted by atomic mass is 9.73. The van der Waals surface area contributed by atoms with Gasteiger partial charge in [0.1, 0.15) is 6.10 Å². The van der Waals surface area contributed by atoms with E-state index >= 15 is 0 Å². The molecule has 0 aromatic heterocycles. The van der Waals surface area contributed by atoms with Gasteiger partial charge in [0.25, 0.3) is 0 Å². The van der Waals surface area contributed by atoms with Crippen LogP contribution in [0.2, 0.25) is 6.82 Å². The number of ether oxygens (including phenoxy) is 1. The zero-order valence-corrected chi connectivity index (χ0v) is 8.76. The van der Waals surface area contributed by atoms with Crippen LogP contribution in [0, 0.1) is 0 Å². The lowest BCUT2D eigenvalue weighted by Crippen LogP contribution is -2.26. The fourth-order valence-electron chi connectivity index (χ4n) is 1.40. The van der Waals surface area contributed by atoms with Gasteiger partial charge >= 0.3 is 7.82 Å². The average Bonchev–Trinajstić information content (AvgIpc) is 2.42.